The minimum atomic E-state index is -3.97. The number of methoxy groups -OCH3 is 1. The van der Waals surface area contributed by atoms with Crippen LogP contribution in [0.3, 0.4) is 0 Å². The molecule has 3 rings (SSSR count). The molecule has 0 aliphatic rings. The lowest BCUT2D eigenvalue weighted by Crippen LogP contribution is -2.34. The second-order valence-electron chi connectivity index (χ2n) is 7.97. The van der Waals surface area contributed by atoms with Crippen molar-refractivity contribution in [2.45, 2.75) is 25.2 Å². The van der Waals surface area contributed by atoms with E-state index in [1.165, 1.54) is 18.5 Å². The maximum absolute atomic E-state index is 13.7. The van der Waals surface area contributed by atoms with E-state index in [0.717, 1.165) is 5.56 Å². The van der Waals surface area contributed by atoms with Crippen molar-refractivity contribution in [2.75, 3.05) is 30.3 Å². The molecule has 2 N–H and O–H groups in total. The molecule has 9 heteroatoms. The van der Waals surface area contributed by atoms with Gasteiger partial charge in [-0.25, -0.2) is 8.42 Å². The molecule has 2 amide bonds. The van der Waals surface area contributed by atoms with Crippen LogP contribution in [0.5, 0.6) is 5.75 Å². The minimum absolute atomic E-state index is 0.101. The van der Waals surface area contributed by atoms with Crippen LogP contribution in [-0.4, -0.2) is 40.9 Å². The van der Waals surface area contributed by atoms with Crippen molar-refractivity contribution in [3.8, 4) is 5.75 Å². The number of nitrogens with zero attached hydrogens (tertiary/aromatic N) is 1. The first kappa shape index (κ1) is 25.8. The number of sulfonamides is 1. The molecule has 0 bridgehead atoms. The number of benzene rings is 3. The molecule has 0 saturated heterocycles. The van der Waals surface area contributed by atoms with Gasteiger partial charge in [-0.2, -0.15) is 0 Å². The molecule has 0 heterocycles. The lowest BCUT2D eigenvalue weighted by Gasteiger charge is -2.25. The zero-order chi connectivity index (χ0) is 25.6. The van der Waals surface area contributed by atoms with Crippen LogP contribution < -0.4 is 19.7 Å². The smallest absolute Gasteiger partial charge is 0.264 e. The maximum atomic E-state index is 13.7. The average molecular weight is 496 g/mol. The fourth-order valence-electron chi connectivity index (χ4n) is 3.68. The number of hydrogen-bond acceptors (Lipinski definition) is 5. The summed E-state index contributed by atoms with van der Waals surface area (Å²) in [6.45, 7) is 3.54. The first-order chi connectivity index (χ1) is 16.7. The van der Waals surface area contributed by atoms with Crippen LogP contribution in [0.2, 0.25) is 0 Å². The monoisotopic (exact) mass is 495 g/mol. The number of carbonyl (C=O) groups excluding carboxylic acids is 2. The van der Waals surface area contributed by atoms with E-state index < -0.39 is 15.9 Å². The van der Waals surface area contributed by atoms with E-state index in [-0.39, 0.29) is 23.8 Å². The van der Waals surface area contributed by atoms with Crippen molar-refractivity contribution < 1.29 is 22.7 Å². The van der Waals surface area contributed by atoms with Crippen molar-refractivity contribution in [2.24, 2.45) is 0 Å². The van der Waals surface area contributed by atoms with Crippen LogP contribution in [0.4, 0.5) is 11.4 Å². The maximum Gasteiger partial charge on any atom is 0.264 e. The standard InChI is InChI=1S/C26H29N3O5S/c1-18-9-14-24(19(2)17-18)35(32,33)29(20-10-12-21(34-4)13-11-20)16-15-25(30)28-23-8-6-5-7-22(23)26(31)27-3/h5-14,17H,15-16H2,1-4H3,(H,27,31)(H,28,30). The number of para-hydroxylation sites is 1. The van der Waals surface area contributed by atoms with E-state index in [1.807, 2.05) is 13.0 Å². The SMILES string of the molecule is CNC(=O)c1ccccc1NC(=O)CCN(c1ccc(OC)cc1)S(=O)(=O)c1ccc(C)cc1C. The minimum Gasteiger partial charge on any atom is -0.497 e. The molecule has 184 valence electrons. The summed E-state index contributed by atoms with van der Waals surface area (Å²) in [4.78, 5) is 25.1. The molecule has 3 aromatic rings. The van der Waals surface area contributed by atoms with Gasteiger partial charge >= 0.3 is 0 Å². The van der Waals surface area contributed by atoms with Crippen LogP contribution in [0.15, 0.2) is 71.6 Å². The molecule has 0 unspecified atom stereocenters. The van der Waals surface area contributed by atoms with Gasteiger partial charge in [0.1, 0.15) is 5.75 Å². The Morgan fingerprint density at radius 3 is 2.29 bits per heavy atom. The molecular formula is C26H29N3O5S. The third-order valence-corrected chi connectivity index (χ3v) is 7.46. The Morgan fingerprint density at radius 2 is 1.66 bits per heavy atom. The Bertz CT molecular complexity index is 1320. The topological polar surface area (TPSA) is 105 Å². The zero-order valence-corrected chi connectivity index (χ0v) is 21.0. The van der Waals surface area contributed by atoms with Crippen LogP contribution in [0, 0.1) is 13.8 Å². The first-order valence-corrected chi connectivity index (χ1v) is 12.5. The van der Waals surface area contributed by atoms with Crippen molar-refractivity contribution in [1.29, 1.82) is 0 Å². The predicted octanol–water partition coefficient (Wildman–Crippen LogP) is 3.90. The van der Waals surface area contributed by atoms with Crippen molar-refractivity contribution >= 4 is 33.2 Å². The predicted molar refractivity (Wildman–Crippen MR) is 137 cm³/mol. The first-order valence-electron chi connectivity index (χ1n) is 11.0. The summed E-state index contributed by atoms with van der Waals surface area (Å²) in [6.07, 6.45) is -0.127. The van der Waals surface area contributed by atoms with E-state index >= 15 is 0 Å². The summed E-state index contributed by atoms with van der Waals surface area (Å²) in [5.74, 6) is -0.171. The Hall–Kier alpha value is -3.85. The summed E-state index contributed by atoms with van der Waals surface area (Å²) in [5.41, 5.74) is 2.65. The van der Waals surface area contributed by atoms with Gasteiger partial charge in [-0.1, -0.05) is 29.8 Å². The third-order valence-electron chi connectivity index (χ3n) is 5.47. The van der Waals surface area contributed by atoms with Crippen molar-refractivity contribution in [3.05, 3.63) is 83.4 Å². The molecule has 35 heavy (non-hydrogen) atoms. The van der Waals surface area contributed by atoms with E-state index in [4.69, 9.17) is 4.74 Å². The molecule has 0 saturated carbocycles. The lowest BCUT2D eigenvalue weighted by atomic mass is 10.1. The van der Waals surface area contributed by atoms with E-state index in [0.29, 0.717) is 28.3 Å². The highest BCUT2D eigenvalue weighted by Gasteiger charge is 2.27. The lowest BCUT2D eigenvalue weighted by molar-refractivity contribution is -0.116. The Kier molecular flexibility index (Phi) is 8.14. The normalized spacial score (nSPS) is 11.0. The summed E-state index contributed by atoms with van der Waals surface area (Å²) < 4.78 is 33.8. The number of anilines is 2. The van der Waals surface area contributed by atoms with Gasteiger partial charge < -0.3 is 15.4 Å². The van der Waals surface area contributed by atoms with E-state index in [1.54, 1.807) is 67.6 Å². The van der Waals surface area contributed by atoms with Crippen molar-refractivity contribution in [3.63, 3.8) is 0 Å². The average Bonchev–Trinajstić information content (AvgIpc) is 2.84. The zero-order valence-electron chi connectivity index (χ0n) is 20.2. The Labute approximate surface area is 206 Å². The third kappa shape index (κ3) is 5.99. The molecule has 0 radical (unpaired) electrons. The van der Waals surface area contributed by atoms with Crippen LogP contribution in [0.25, 0.3) is 0 Å². The van der Waals surface area contributed by atoms with Gasteiger partial charge in [-0.15, -0.1) is 0 Å². The highest BCUT2D eigenvalue weighted by atomic mass is 32.2. The number of hydrogen-bond donors (Lipinski definition) is 2. The number of ether oxygens (including phenoxy) is 1. The quantitative estimate of drug-likeness (QED) is 0.469. The second kappa shape index (κ2) is 11.1. The van der Waals surface area contributed by atoms with E-state index in [9.17, 15) is 18.0 Å². The van der Waals surface area contributed by atoms with Gasteiger partial charge in [-0.05, 0) is 61.9 Å². The summed E-state index contributed by atoms with van der Waals surface area (Å²) in [7, 11) is -0.933. The van der Waals surface area contributed by atoms with Gasteiger partial charge in [0, 0.05) is 20.0 Å². The van der Waals surface area contributed by atoms with Crippen LogP contribution >= 0.6 is 0 Å². The molecule has 0 aliphatic heterocycles. The van der Waals surface area contributed by atoms with Gasteiger partial charge in [0.15, 0.2) is 0 Å². The van der Waals surface area contributed by atoms with Gasteiger partial charge in [0.25, 0.3) is 15.9 Å². The highest BCUT2D eigenvalue weighted by molar-refractivity contribution is 7.92. The van der Waals surface area contributed by atoms with E-state index in [2.05, 4.69) is 10.6 Å². The molecule has 0 atom stereocenters. The number of aryl methyl sites for hydroxylation is 2. The van der Waals surface area contributed by atoms with Gasteiger partial charge in [0.2, 0.25) is 5.91 Å². The molecule has 0 spiro atoms. The molecule has 0 aliphatic carbocycles. The summed E-state index contributed by atoms with van der Waals surface area (Å²) >= 11 is 0. The molecule has 3 aromatic carbocycles. The van der Waals surface area contributed by atoms with Gasteiger partial charge in [-0.3, -0.25) is 13.9 Å². The fourth-order valence-corrected chi connectivity index (χ4v) is 5.36. The summed E-state index contributed by atoms with van der Waals surface area (Å²) in [5, 5.41) is 5.25. The van der Waals surface area contributed by atoms with Crippen molar-refractivity contribution in [1.82, 2.24) is 5.32 Å². The molecule has 0 fully saturated rings. The largest absolute Gasteiger partial charge is 0.497 e. The number of nitrogens with one attached hydrogen (secondary N) is 2. The highest BCUT2D eigenvalue weighted by Crippen LogP contribution is 2.28. The molecule has 0 aromatic heterocycles. The second-order valence-corrected chi connectivity index (χ2v) is 9.80. The molecule has 8 nitrogen and oxygen atoms in total. The number of rotatable bonds is 9. The van der Waals surface area contributed by atoms with Crippen LogP contribution in [0.1, 0.15) is 27.9 Å². The number of carbonyl (C=O) groups is 2. The fraction of sp³-hybridized carbons (Fsp3) is 0.231. The Balaban J connectivity index is 1.89. The Morgan fingerprint density at radius 1 is 0.971 bits per heavy atom. The number of amides is 2. The molecular weight excluding hydrogens is 466 g/mol. The van der Waals surface area contributed by atoms with Crippen LogP contribution in [-0.2, 0) is 14.8 Å². The van der Waals surface area contributed by atoms with Gasteiger partial charge in [0.05, 0.1) is 28.9 Å². The summed E-state index contributed by atoms with van der Waals surface area (Å²) in [6, 6.07) is 18.4.